The molecule has 0 aromatic heterocycles. The van der Waals surface area contributed by atoms with Crippen LogP contribution in [0.15, 0.2) is 54.6 Å². The number of allylic oxidation sites excluding steroid dienone is 2. The Morgan fingerprint density at radius 2 is 2.12 bits per heavy atom. The number of fused-ring (bicyclic) bond motifs is 3. The third-order valence-electron chi connectivity index (χ3n) is 3.41. The Bertz CT molecular complexity index is 508. The van der Waals surface area contributed by atoms with E-state index in [1.807, 2.05) is 0 Å². The molecule has 0 bridgehead atoms. The molecule has 0 N–H and O–H groups in total. The Kier molecular flexibility index (Phi) is 2.00. The lowest BCUT2D eigenvalue weighted by molar-refractivity contribution is 0.828. The smallest absolute Gasteiger partial charge is 0.0796 e. The molecule has 80 valence electrons. The van der Waals surface area contributed by atoms with Crippen molar-refractivity contribution in [2.75, 3.05) is 11.4 Å². The van der Waals surface area contributed by atoms with Crippen molar-refractivity contribution in [2.24, 2.45) is 0 Å². The molecular weight excluding hydrogens is 194 g/mol. The van der Waals surface area contributed by atoms with E-state index in [9.17, 15) is 0 Å². The van der Waals surface area contributed by atoms with Gasteiger partial charge in [-0.15, -0.1) is 0 Å². The molecule has 0 radical (unpaired) electrons. The third-order valence-corrected chi connectivity index (χ3v) is 3.41. The summed E-state index contributed by atoms with van der Waals surface area (Å²) < 4.78 is 0. The van der Waals surface area contributed by atoms with E-state index < -0.39 is 0 Å². The van der Waals surface area contributed by atoms with Crippen LogP contribution in [0.2, 0.25) is 0 Å². The van der Waals surface area contributed by atoms with Crippen LogP contribution < -0.4 is 4.90 Å². The molecule has 3 rings (SSSR count). The van der Waals surface area contributed by atoms with Crippen LogP contribution in [0.5, 0.6) is 0 Å². The second-order valence-electron chi connectivity index (χ2n) is 4.26. The van der Waals surface area contributed by atoms with E-state index in [-0.39, 0.29) is 0 Å². The average Bonchev–Trinajstić information content (AvgIpc) is 2.65. The van der Waals surface area contributed by atoms with Crippen LogP contribution >= 0.6 is 0 Å². The van der Waals surface area contributed by atoms with Gasteiger partial charge in [0.2, 0.25) is 0 Å². The SMILES string of the molecule is C=C1C=CC=C2c3ccccc3N(CC)C12. The molecule has 1 aliphatic heterocycles. The first kappa shape index (κ1) is 9.46. The van der Waals surface area contributed by atoms with Crippen molar-refractivity contribution in [1.82, 2.24) is 0 Å². The molecule has 0 amide bonds. The van der Waals surface area contributed by atoms with Gasteiger partial charge in [-0.3, -0.25) is 0 Å². The van der Waals surface area contributed by atoms with Crippen molar-refractivity contribution < 1.29 is 0 Å². The lowest BCUT2D eigenvalue weighted by Gasteiger charge is -2.28. The molecule has 1 heterocycles. The predicted octanol–water partition coefficient (Wildman–Crippen LogP) is 3.40. The lowest BCUT2D eigenvalue weighted by Crippen LogP contribution is -2.32. The molecule has 16 heavy (non-hydrogen) atoms. The van der Waals surface area contributed by atoms with Crippen molar-refractivity contribution in [3.63, 3.8) is 0 Å². The summed E-state index contributed by atoms with van der Waals surface area (Å²) in [5, 5.41) is 0. The number of hydrogen-bond donors (Lipinski definition) is 0. The summed E-state index contributed by atoms with van der Waals surface area (Å²) in [6.07, 6.45) is 6.43. The fraction of sp³-hybridized carbons (Fsp3) is 0.200. The van der Waals surface area contributed by atoms with E-state index in [0.29, 0.717) is 6.04 Å². The van der Waals surface area contributed by atoms with Gasteiger partial charge in [-0.2, -0.15) is 0 Å². The molecule has 1 aromatic carbocycles. The summed E-state index contributed by atoms with van der Waals surface area (Å²) in [6, 6.07) is 8.97. The van der Waals surface area contributed by atoms with Crippen molar-refractivity contribution in [2.45, 2.75) is 13.0 Å². The van der Waals surface area contributed by atoms with Gasteiger partial charge in [0.1, 0.15) is 0 Å². The molecule has 0 fully saturated rings. The largest absolute Gasteiger partial charge is 0.360 e. The normalized spacial score (nSPS) is 21.8. The zero-order valence-corrected chi connectivity index (χ0v) is 9.48. The zero-order chi connectivity index (χ0) is 11.1. The van der Waals surface area contributed by atoms with Gasteiger partial charge in [-0.25, -0.2) is 0 Å². The summed E-state index contributed by atoms with van der Waals surface area (Å²) in [5.41, 5.74) is 5.28. The van der Waals surface area contributed by atoms with Gasteiger partial charge in [0.15, 0.2) is 0 Å². The van der Waals surface area contributed by atoms with Gasteiger partial charge >= 0.3 is 0 Å². The highest BCUT2D eigenvalue weighted by molar-refractivity contribution is 5.92. The molecule has 1 heteroatoms. The maximum atomic E-state index is 4.17. The Hall–Kier alpha value is -1.76. The van der Waals surface area contributed by atoms with Crippen LogP contribution in [-0.2, 0) is 0 Å². The van der Waals surface area contributed by atoms with Crippen molar-refractivity contribution in [3.8, 4) is 0 Å². The van der Waals surface area contributed by atoms with Crippen LogP contribution in [-0.4, -0.2) is 12.6 Å². The first-order valence-electron chi connectivity index (χ1n) is 5.76. The number of likely N-dealkylation sites (N-methyl/N-ethyl adjacent to an activating group) is 1. The monoisotopic (exact) mass is 209 g/mol. The number of hydrogen-bond acceptors (Lipinski definition) is 1. The number of rotatable bonds is 1. The Labute approximate surface area is 96.4 Å². The zero-order valence-electron chi connectivity index (χ0n) is 9.48. The molecule has 0 saturated heterocycles. The van der Waals surface area contributed by atoms with Crippen molar-refractivity contribution >= 4 is 11.3 Å². The number of para-hydroxylation sites is 1. The Morgan fingerprint density at radius 1 is 1.31 bits per heavy atom. The van der Waals surface area contributed by atoms with Crippen LogP contribution in [0.3, 0.4) is 0 Å². The number of nitrogens with zero attached hydrogens (tertiary/aromatic N) is 1. The molecule has 1 aromatic rings. The molecule has 1 aliphatic carbocycles. The molecule has 2 aliphatic rings. The fourth-order valence-electron chi connectivity index (χ4n) is 2.72. The van der Waals surface area contributed by atoms with Crippen LogP contribution in [0.4, 0.5) is 5.69 Å². The van der Waals surface area contributed by atoms with Gasteiger partial charge in [-0.1, -0.05) is 43.0 Å². The highest BCUT2D eigenvalue weighted by atomic mass is 15.2. The van der Waals surface area contributed by atoms with E-state index in [2.05, 4.69) is 60.9 Å². The standard InChI is InChI=1S/C15H15N/c1-3-16-14-10-5-4-8-12(14)13-9-6-7-11(2)15(13)16/h4-10,15H,2-3H2,1H3. The van der Waals surface area contributed by atoms with Gasteiger partial charge in [0.05, 0.1) is 6.04 Å². The fourth-order valence-corrected chi connectivity index (χ4v) is 2.72. The van der Waals surface area contributed by atoms with E-state index >= 15 is 0 Å². The predicted molar refractivity (Wildman–Crippen MR) is 69.5 cm³/mol. The van der Waals surface area contributed by atoms with E-state index in [0.717, 1.165) is 6.54 Å². The summed E-state index contributed by atoms with van der Waals surface area (Å²) in [6.45, 7) is 7.39. The average molecular weight is 209 g/mol. The molecule has 1 nitrogen and oxygen atoms in total. The number of anilines is 1. The minimum Gasteiger partial charge on any atom is -0.360 e. The molecular formula is C15H15N. The number of benzene rings is 1. The Balaban J connectivity index is 2.22. The third kappa shape index (κ3) is 1.12. The highest BCUT2D eigenvalue weighted by Gasteiger charge is 2.34. The van der Waals surface area contributed by atoms with E-state index in [4.69, 9.17) is 0 Å². The van der Waals surface area contributed by atoms with Gasteiger partial charge in [0.25, 0.3) is 0 Å². The van der Waals surface area contributed by atoms with Crippen molar-refractivity contribution in [3.05, 3.63) is 60.2 Å². The molecule has 0 saturated carbocycles. The van der Waals surface area contributed by atoms with Crippen molar-refractivity contribution in [1.29, 1.82) is 0 Å². The second kappa shape index (κ2) is 3.38. The van der Waals surface area contributed by atoms with Gasteiger partial charge in [-0.05, 0) is 24.1 Å². The lowest BCUT2D eigenvalue weighted by atomic mass is 9.93. The minimum atomic E-state index is 0.354. The first-order chi connectivity index (χ1) is 7.83. The van der Waals surface area contributed by atoms with Gasteiger partial charge in [0, 0.05) is 17.8 Å². The van der Waals surface area contributed by atoms with Crippen LogP contribution in [0, 0.1) is 0 Å². The molecule has 1 unspecified atom stereocenters. The molecule has 1 atom stereocenters. The summed E-state index contributed by atoms with van der Waals surface area (Å²) in [5.74, 6) is 0. The maximum absolute atomic E-state index is 4.17. The molecule has 0 spiro atoms. The van der Waals surface area contributed by atoms with Crippen LogP contribution in [0.1, 0.15) is 12.5 Å². The summed E-state index contributed by atoms with van der Waals surface area (Å²) in [7, 11) is 0. The second-order valence-corrected chi connectivity index (χ2v) is 4.26. The summed E-state index contributed by atoms with van der Waals surface area (Å²) in [4.78, 5) is 2.42. The summed E-state index contributed by atoms with van der Waals surface area (Å²) >= 11 is 0. The minimum absolute atomic E-state index is 0.354. The van der Waals surface area contributed by atoms with Crippen LogP contribution in [0.25, 0.3) is 5.57 Å². The van der Waals surface area contributed by atoms with E-state index in [1.165, 1.54) is 22.4 Å². The topological polar surface area (TPSA) is 3.24 Å². The highest BCUT2D eigenvalue weighted by Crippen LogP contribution is 2.43. The van der Waals surface area contributed by atoms with E-state index in [1.54, 1.807) is 0 Å². The van der Waals surface area contributed by atoms with Gasteiger partial charge < -0.3 is 4.90 Å². The maximum Gasteiger partial charge on any atom is 0.0796 e. The quantitative estimate of drug-likeness (QED) is 0.685. The first-order valence-corrected chi connectivity index (χ1v) is 5.76. The Morgan fingerprint density at radius 3 is 2.94 bits per heavy atom.